The minimum atomic E-state index is -4.04. The molecule has 0 radical (unpaired) electrons. The van der Waals surface area contributed by atoms with Crippen LogP contribution in [0.2, 0.25) is 0 Å². The molecule has 0 aromatic rings. The molecule has 2 atom stereocenters. The van der Waals surface area contributed by atoms with Crippen LogP contribution < -0.4 is 0 Å². The van der Waals surface area contributed by atoms with Crippen molar-refractivity contribution in [3.05, 3.63) is 12.2 Å². The van der Waals surface area contributed by atoms with E-state index in [-0.39, 0.29) is 17.8 Å². The number of rotatable bonds is 3. The molecule has 100 valence electrons. The molecule has 0 aromatic heterocycles. The maximum Gasteiger partial charge on any atom is 0.389 e. The summed E-state index contributed by atoms with van der Waals surface area (Å²) < 4.78 is 37.2. The highest BCUT2D eigenvalue weighted by molar-refractivity contribution is 5.07. The Morgan fingerprint density at radius 3 is 2.41 bits per heavy atom. The summed E-state index contributed by atoms with van der Waals surface area (Å²) in [6.45, 7) is 10.2. The summed E-state index contributed by atoms with van der Waals surface area (Å²) in [6, 6.07) is 0. The van der Waals surface area contributed by atoms with E-state index < -0.39 is 12.6 Å². The van der Waals surface area contributed by atoms with Gasteiger partial charge in [0.1, 0.15) is 0 Å². The summed E-state index contributed by atoms with van der Waals surface area (Å²) >= 11 is 0. The van der Waals surface area contributed by atoms with Gasteiger partial charge in [-0.05, 0) is 42.9 Å². The molecular weight excluding hydrogens is 225 g/mol. The molecule has 3 heteroatoms. The zero-order valence-corrected chi connectivity index (χ0v) is 11.0. The van der Waals surface area contributed by atoms with Crippen molar-refractivity contribution in [1.82, 2.24) is 0 Å². The second-order valence-corrected chi connectivity index (χ2v) is 6.07. The molecule has 1 fully saturated rings. The standard InChI is InChI=1S/C14H23F3/c1-10(2)13(5-6-14(15,16)17)8-11(3)7-12(4)9-13/h10,12H,3,5-9H2,1-2,4H3. The summed E-state index contributed by atoms with van der Waals surface area (Å²) in [5.74, 6) is 0.747. The first-order valence-electron chi connectivity index (χ1n) is 6.38. The Bertz CT molecular complexity index is 278. The first-order valence-corrected chi connectivity index (χ1v) is 6.38. The van der Waals surface area contributed by atoms with Crippen molar-refractivity contribution < 1.29 is 13.2 Å². The largest absolute Gasteiger partial charge is 0.389 e. The quantitative estimate of drug-likeness (QED) is 0.591. The van der Waals surface area contributed by atoms with Crippen LogP contribution in [-0.2, 0) is 0 Å². The van der Waals surface area contributed by atoms with E-state index in [2.05, 4.69) is 13.5 Å². The van der Waals surface area contributed by atoms with Crippen LogP contribution in [0.4, 0.5) is 13.2 Å². The predicted octanol–water partition coefficient (Wildman–Crippen LogP) is 5.35. The summed E-state index contributed by atoms with van der Waals surface area (Å²) in [5.41, 5.74) is 0.934. The van der Waals surface area contributed by atoms with Crippen molar-refractivity contribution in [1.29, 1.82) is 0 Å². The van der Waals surface area contributed by atoms with Crippen LogP contribution in [0.5, 0.6) is 0 Å². The van der Waals surface area contributed by atoms with Gasteiger partial charge in [0.25, 0.3) is 0 Å². The fourth-order valence-corrected chi connectivity index (χ4v) is 3.21. The lowest BCUT2D eigenvalue weighted by Gasteiger charge is -2.44. The molecule has 0 amide bonds. The van der Waals surface area contributed by atoms with Crippen molar-refractivity contribution in [2.24, 2.45) is 17.3 Å². The third-order valence-corrected chi connectivity index (χ3v) is 4.13. The molecule has 17 heavy (non-hydrogen) atoms. The van der Waals surface area contributed by atoms with Crippen LogP contribution in [0.1, 0.15) is 52.9 Å². The van der Waals surface area contributed by atoms with Crippen molar-refractivity contribution >= 4 is 0 Å². The Labute approximate surface area is 102 Å². The summed E-state index contributed by atoms with van der Waals surface area (Å²) in [5, 5.41) is 0. The van der Waals surface area contributed by atoms with Gasteiger partial charge in [-0.15, -0.1) is 0 Å². The number of halogens is 3. The SMILES string of the molecule is C=C1CC(C)CC(CCC(F)(F)F)(C(C)C)C1. The van der Waals surface area contributed by atoms with E-state index in [0.29, 0.717) is 5.92 Å². The lowest BCUT2D eigenvalue weighted by atomic mass is 9.61. The first-order chi connectivity index (χ1) is 7.65. The first kappa shape index (κ1) is 14.6. The van der Waals surface area contributed by atoms with Crippen LogP contribution in [-0.4, -0.2) is 6.18 Å². The highest BCUT2D eigenvalue weighted by atomic mass is 19.4. The monoisotopic (exact) mass is 248 g/mol. The third-order valence-electron chi connectivity index (χ3n) is 4.13. The fourth-order valence-electron chi connectivity index (χ4n) is 3.21. The minimum absolute atomic E-state index is 0.190. The molecule has 1 saturated carbocycles. The Morgan fingerprint density at radius 1 is 1.41 bits per heavy atom. The maximum atomic E-state index is 12.4. The number of alkyl halides is 3. The van der Waals surface area contributed by atoms with Crippen LogP contribution in [0.25, 0.3) is 0 Å². The van der Waals surface area contributed by atoms with Crippen LogP contribution in [0.15, 0.2) is 12.2 Å². The van der Waals surface area contributed by atoms with E-state index in [0.717, 1.165) is 24.8 Å². The van der Waals surface area contributed by atoms with Gasteiger partial charge in [0.05, 0.1) is 0 Å². The Morgan fingerprint density at radius 2 is 2.00 bits per heavy atom. The summed E-state index contributed by atoms with van der Waals surface area (Å²) in [4.78, 5) is 0. The van der Waals surface area contributed by atoms with Crippen LogP contribution >= 0.6 is 0 Å². The Kier molecular flexibility index (Phi) is 4.32. The molecule has 0 bridgehead atoms. The van der Waals surface area contributed by atoms with Crippen LogP contribution in [0.3, 0.4) is 0 Å². The zero-order valence-electron chi connectivity index (χ0n) is 11.0. The number of allylic oxidation sites excluding steroid dienone is 1. The molecule has 0 aliphatic heterocycles. The molecule has 0 saturated heterocycles. The Balaban J connectivity index is 2.78. The molecule has 0 nitrogen and oxygen atoms in total. The molecule has 1 rings (SSSR count). The second-order valence-electron chi connectivity index (χ2n) is 6.07. The highest BCUT2D eigenvalue weighted by Gasteiger charge is 2.41. The Hall–Kier alpha value is -0.470. The molecule has 0 aromatic carbocycles. The van der Waals surface area contributed by atoms with Gasteiger partial charge in [0.15, 0.2) is 0 Å². The predicted molar refractivity (Wildman–Crippen MR) is 64.7 cm³/mol. The molecule has 0 heterocycles. The number of hydrogen-bond donors (Lipinski definition) is 0. The van der Waals surface area contributed by atoms with Crippen molar-refractivity contribution in [3.63, 3.8) is 0 Å². The lowest BCUT2D eigenvalue weighted by Crippen LogP contribution is -2.35. The van der Waals surface area contributed by atoms with Gasteiger partial charge in [-0.1, -0.05) is 32.9 Å². The van der Waals surface area contributed by atoms with Gasteiger partial charge in [-0.2, -0.15) is 13.2 Å². The van der Waals surface area contributed by atoms with E-state index >= 15 is 0 Å². The van der Waals surface area contributed by atoms with Gasteiger partial charge in [0.2, 0.25) is 0 Å². The summed E-state index contributed by atoms with van der Waals surface area (Å²) in [7, 11) is 0. The molecule has 0 spiro atoms. The minimum Gasteiger partial charge on any atom is -0.171 e. The maximum absolute atomic E-state index is 12.4. The second kappa shape index (κ2) is 5.03. The fraction of sp³-hybridized carbons (Fsp3) is 0.857. The van der Waals surface area contributed by atoms with Crippen molar-refractivity contribution in [2.75, 3.05) is 0 Å². The molecule has 2 unspecified atom stereocenters. The van der Waals surface area contributed by atoms with Crippen molar-refractivity contribution in [2.45, 2.75) is 59.1 Å². The van der Waals surface area contributed by atoms with Gasteiger partial charge < -0.3 is 0 Å². The summed E-state index contributed by atoms with van der Waals surface area (Å²) in [6.07, 6.45) is -1.81. The smallest absolute Gasteiger partial charge is 0.171 e. The third kappa shape index (κ3) is 4.04. The van der Waals surface area contributed by atoms with Gasteiger partial charge in [-0.3, -0.25) is 0 Å². The topological polar surface area (TPSA) is 0 Å². The molecule has 0 N–H and O–H groups in total. The average Bonchev–Trinajstić information content (AvgIpc) is 2.11. The number of hydrogen-bond acceptors (Lipinski definition) is 0. The molecule has 1 aliphatic rings. The average molecular weight is 248 g/mol. The zero-order chi connectivity index (χ0) is 13.3. The van der Waals surface area contributed by atoms with E-state index in [1.807, 2.05) is 13.8 Å². The normalized spacial score (nSPS) is 31.0. The van der Waals surface area contributed by atoms with E-state index in [1.54, 1.807) is 0 Å². The van der Waals surface area contributed by atoms with Crippen LogP contribution in [0, 0.1) is 17.3 Å². The van der Waals surface area contributed by atoms with Gasteiger partial charge in [-0.25, -0.2) is 0 Å². The highest BCUT2D eigenvalue weighted by Crippen LogP contribution is 2.50. The van der Waals surface area contributed by atoms with Gasteiger partial charge in [0, 0.05) is 6.42 Å². The molecule has 1 aliphatic carbocycles. The lowest BCUT2D eigenvalue weighted by molar-refractivity contribution is -0.144. The van der Waals surface area contributed by atoms with Gasteiger partial charge >= 0.3 is 6.18 Å². The van der Waals surface area contributed by atoms with Crippen molar-refractivity contribution in [3.8, 4) is 0 Å². The molecular formula is C14H23F3. The van der Waals surface area contributed by atoms with E-state index in [9.17, 15) is 13.2 Å². The van der Waals surface area contributed by atoms with E-state index in [1.165, 1.54) is 0 Å². The van der Waals surface area contributed by atoms with E-state index in [4.69, 9.17) is 0 Å².